The average molecular weight is 261 g/mol. The van der Waals surface area contributed by atoms with Crippen LogP contribution in [0.15, 0.2) is 22.6 Å². The van der Waals surface area contributed by atoms with E-state index in [1.807, 2.05) is 20.8 Å². The molecule has 0 aliphatic heterocycles. The number of anilines is 1. The molecule has 0 amide bonds. The molecule has 0 aliphatic carbocycles. The van der Waals surface area contributed by atoms with Gasteiger partial charge in [-0.15, -0.1) is 0 Å². The summed E-state index contributed by atoms with van der Waals surface area (Å²) in [6.45, 7) is 6.02. The van der Waals surface area contributed by atoms with E-state index in [-0.39, 0.29) is 5.69 Å². The second kappa shape index (κ2) is 5.09. The van der Waals surface area contributed by atoms with Gasteiger partial charge in [0.15, 0.2) is 0 Å². The zero-order chi connectivity index (χ0) is 14.0. The SMILES string of the molecule is Cc1cc([N+](=O)[O-])ccc1NCc1nc(C)c(C)o1. The predicted octanol–water partition coefficient (Wildman–Crippen LogP) is 3.12. The third kappa shape index (κ3) is 2.90. The fraction of sp³-hybridized carbons (Fsp3) is 0.308. The van der Waals surface area contributed by atoms with E-state index in [9.17, 15) is 10.1 Å². The Hall–Kier alpha value is -2.37. The molecule has 0 aliphatic rings. The van der Waals surface area contributed by atoms with E-state index in [1.165, 1.54) is 12.1 Å². The van der Waals surface area contributed by atoms with Crippen molar-refractivity contribution in [3.63, 3.8) is 0 Å². The highest BCUT2D eigenvalue weighted by Gasteiger charge is 2.09. The summed E-state index contributed by atoms with van der Waals surface area (Å²) in [5.41, 5.74) is 2.61. The minimum Gasteiger partial charge on any atom is -0.444 e. The number of nitrogens with zero attached hydrogens (tertiary/aromatic N) is 2. The van der Waals surface area contributed by atoms with Gasteiger partial charge in [-0.1, -0.05) is 0 Å². The Morgan fingerprint density at radius 1 is 1.37 bits per heavy atom. The molecule has 0 radical (unpaired) electrons. The van der Waals surface area contributed by atoms with Crippen LogP contribution in [0, 0.1) is 30.9 Å². The van der Waals surface area contributed by atoms with E-state index in [0.29, 0.717) is 12.4 Å². The quantitative estimate of drug-likeness (QED) is 0.675. The van der Waals surface area contributed by atoms with Gasteiger partial charge in [-0.2, -0.15) is 0 Å². The van der Waals surface area contributed by atoms with E-state index in [2.05, 4.69) is 10.3 Å². The zero-order valence-corrected chi connectivity index (χ0v) is 11.1. The largest absolute Gasteiger partial charge is 0.444 e. The Morgan fingerprint density at radius 2 is 2.11 bits per heavy atom. The molecule has 0 spiro atoms. The van der Waals surface area contributed by atoms with Gasteiger partial charge in [0.2, 0.25) is 5.89 Å². The van der Waals surface area contributed by atoms with Crippen LogP contribution in [0.4, 0.5) is 11.4 Å². The first kappa shape index (κ1) is 13.1. The van der Waals surface area contributed by atoms with Gasteiger partial charge < -0.3 is 9.73 Å². The van der Waals surface area contributed by atoms with Crippen molar-refractivity contribution in [1.29, 1.82) is 0 Å². The lowest BCUT2D eigenvalue weighted by atomic mass is 10.2. The molecule has 1 N–H and O–H groups in total. The number of benzene rings is 1. The van der Waals surface area contributed by atoms with E-state index in [1.54, 1.807) is 6.07 Å². The Bertz CT molecular complexity index is 600. The molecular weight excluding hydrogens is 246 g/mol. The first-order valence-electron chi connectivity index (χ1n) is 5.89. The van der Waals surface area contributed by atoms with Crippen molar-refractivity contribution >= 4 is 11.4 Å². The molecule has 1 heterocycles. The number of aromatic nitrogens is 1. The van der Waals surface area contributed by atoms with Crippen LogP contribution in [-0.2, 0) is 6.54 Å². The van der Waals surface area contributed by atoms with Crippen LogP contribution in [-0.4, -0.2) is 9.91 Å². The molecule has 6 heteroatoms. The molecule has 0 atom stereocenters. The van der Waals surface area contributed by atoms with Crippen molar-refractivity contribution in [2.24, 2.45) is 0 Å². The molecule has 6 nitrogen and oxygen atoms in total. The van der Waals surface area contributed by atoms with E-state index < -0.39 is 4.92 Å². The van der Waals surface area contributed by atoms with Crippen molar-refractivity contribution in [3.05, 3.63) is 51.2 Å². The standard InChI is InChI=1S/C13H15N3O3/c1-8-6-11(16(17)18)4-5-12(8)14-7-13-15-9(2)10(3)19-13/h4-6,14H,7H2,1-3H3. The Balaban J connectivity index is 2.09. The summed E-state index contributed by atoms with van der Waals surface area (Å²) in [6.07, 6.45) is 0. The van der Waals surface area contributed by atoms with Gasteiger partial charge in [0.1, 0.15) is 5.76 Å². The molecule has 1 aromatic carbocycles. The highest BCUT2D eigenvalue weighted by Crippen LogP contribution is 2.21. The van der Waals surface area contributed by atoms with Gasteiger partial charge in [-0.3, -0.25) is 10.1 Å². The number of oxazole rings is 1. The summed E-state index contributed by atoms with van der Waals surface area (Å²) >= 11 is 0. The highest BCUT2D eigenvalue weighted by atomic mass is 16.6. The lowest BCUT2D eigenvalue weighted by molar-refractivity contribution is -0.384. The predicted molar refractivity (Wildman–Crippen MR) is 71.1 cm³/mol. The van der Waals surface area contributed by atoms with Gasteiger partial charge in [0.05, 0.1) is 17.2 Å². The summed E-state index contributed by atoms with van der Waals surface area (Å²) in [6, 6.07) is 4.70. The Kier molecular flexibility index (Phi) is 3.50. The van der Waals surface area contributed by atoms with E-state index in [4.69, 9.17) is 4.42 Å². The third-order valence-corrected chi connectivity index (χ3v) is 2.92. The molecule has 100 valence electrons. The molecule has 0 saturated heterocycles. The molecule has 1 aromatic heterocycles. The summed E-state index contributed by atoms with van der Waals surface area (Å²) in [4.78, 5) is 14.5. The molecule has 2 aromatic rings. The molecule has 0 unspecified atom stereocenters. The normalized spacial score (nSPS) is 10.5. The van der Waals surface area contributed by atoms with Crippen LogP contribution in [0.3, 0.4) is 0 Å². The molecular formula is C13H15N3O3. The van der Waals surface area contributed by atoms with Crippen LogP contribution in [0.1, 0.15) is 22.9 Å². The summed E-state index contributed by atoms with van der Waals surface area (Å²) in [5, 5.41) is 13.8. The minimum atomic E-state index is -0.405. The van der Waals surface area contributed by atoms with Crippen molar-refractivity contribution in [1.82, 2.24) is 4.98 Å². The van der Waals surface area contributed by atoms with E-state index in [0.717, 1.165) is 22.7 Å². The number of hydrogen-bond donors (Lipinski definition) is 1. The van der Waals surface area contributed by atoms with Gasteiger partial charge in [0.25, 0.3) is 5.69 Å². The molecule has 2 rings (SSSR count). The van der Waals surface area contributed by atoms with Crippen LogP contribution in [0.2, 0.25) is 0 Å². The Morgan fingerprint density at radius 3 is 2.63 bits per heavy atom. The van der Waals surface area contributed by atoms with Crippen molar-refractivity contribution < 1.29 is 9.34 Å². The number of hydrogen-bond acceptors (Lipinski definition) is 5. The van der Waals surface area contributed by atoms with Gasteiger partial charge in [-0.05, 0) is 32.4 Å². The number of nitrogens with one attached hydrogen (secondary N) is 1. The average Bonchev–Trinajstić information content (AvgIpc) is 2.67. The lowest BCUT2D eigenvalue weighted by Crippen LogP contribution is -2.02. The number of rotatable bonds is 4. The Labute approximate surface area is 110 Å². The summed E-state index contributed by atoms with van der Waals surface area (Å²) < 4.78 is 5.46. The van der Waals surface area contributed by atoms with Gasteiger partial charge >= 0.3 is 0 Å². The van der Waals surface area contributed by atoms with Crippen LogP contribution in [0.5, 0.6) is 0 Å². The molecule has 0 saturated carbocycles. The van der Waals surface area contributed by atoms with Crippen molar-refractivity contribution in [2.75, 3.05) is 5.32 Å². The smallest absolute Gasteiger partial charge is 0.269 e. The van der Waals surface area contributed by atoms with Crippen molar-refractivity contribution in [3.8, 4) is 0 Å². The topological polar surface area (TPSA) is 81.2 Å². The summed E-state index contributed by atoms with van der Waals surface area (Å²) in [7, 11) is 0. The molecule has 0 bridgehead atoms. The van der Waals surface area contributed by atoms with Crippen LogP contribution >= 0.6 is 0 Å². The monoisotopic (exact) mass is 261 g/mol. The maximum absolute atomic E-state index is 10.6. The fourth-order valence-corrected chi connectivity index (χ4v) is 1.75. The number of nitro groups is 1. The van der Waals surface area contributed by atoms with Crippen LogP contribution in [0.25, 0.3) is 0 Å². The minimum absolute atomic E-state index is 0.0888. The van der Waals surface area contributed by atoms with Gasteiger partial charge in [-0.25, -0.2) is 4.98 Å². The van der Waals surface area contributed by atoms with E-state index >= 15 is 0 Å². The zero-order valence-electron chi connectivity index (χ0n) is 11.1. The molecule has 0 fully saturated rings. The maximum Gasteiger partial charge on any atom is 0.269 e. The second-order valence-corrected chi connectivity index (χ2v) is 4.36. The van der Waals surface area contributed by atoms with Crippen molar-refractivity contribution in [2.45, 2.75) is 27.3 Å². The number of nitro benzene ring substituents is 1. The van der Waals surface area contributed by atoms with Crippen LogP contribution < -0.4 is 5.32 Å². The maximum atomic E-state index is 10.6. The summed E-state index contributed by atoms with van der Waals surface area (Å²) in [5.74, 6) is 1.41. The fourth-order valence-electron chi connectivity index (χ4n) is 1.75. The third-order valence-electron chi connectivity index (χ3n) is 2.92. The lowest BCUT2D eigenvalue weighted by Gasteiger charge is -2.07. The number of non-ortho nitro benzene ring substituents is 1. The highest BCUT2D eigenvalue weighted by molar-refractivity contribution is 5.55. The second-order valence-electron chi connectivity index (χ2n) is 4.36. The number of aryl methyl sites for hydroxylation is 3. The molecule has 19 heavy (non-hydrogen) atoms. The van der Waals surface area contributed by atoms with Gasteiger partial charge in [0, 0.05) is 17.8 Å². The first-order chi connectivity index (χ1) is 8.97. The first-order valence-corrected chi connectivity index (χ1v) is 5.89.